The van der Waals surface area contributed by atoms with Gasteiger partial charge in [0.05, 0.1) is 0 Å². The molecule has 0 saturated heterocycles. The van der Waals surface area contributed by atoms with Crippen molar-refractivity contribution >= 4 is 39.0 Å². The Hall–Kier alpha value is -2.15. The summed E-state index contributed by atoms with van der Waals surface area (Å²) in [5.74, 6) is 1.74. The van der Waals surface area contributed by atoms with Crippen molar-refractivity contribution in [1.82, 2.24) is 14.8 Å². The number of thiophene rings is 1. The second-order valence-corrected chi connectivity index (χ2v) is 9.51. The molecule has 0 bridgehead atoms. The average Bonchev–Trinajstić information content (AvgIpc) is 3.31. The second-order valence-electron chi connectivity index (χ2n) is 6.57. The van der Waals surface area contributed by atoms with E-state index < -0.39 is 0 Å². The lowest BCUT2D eigenvalue weighted by atomic mass is 10.0. The maximum absolute atomic E-state index is 4.57. The van der Waals surface area contributed by atoms with Crippen LogP contribution in [-0.4, -0.2) is 14.8 Å². The topological polar surface area (TPSA) is 30.7 Å². The van der Waals surface area contributed by atoms with Gasteiger partial charge in [0, 0.05) is 38.2 Å². The van der Waals surface area contributed by atoms with Gasteiger partial charge in [0.15, 0.2) is 11.0 Å². The summed E-state index contributed by atoms with van der Waals surface area (Å²) in [6.07, 6.45) is 1.90. The molecule has 146 valence electrons. The van der Waals surface area contributed by atoms with Crippen LogP contribution in [0.2, 0.25) is 0 Å². The molecule has 0 fully saturated rings. The first-order valence-corrected chi connectivity index (χ1v) is 11.9. The van der Waals surface area contributed by atoms with E-state index in [9.17, 15) is 0 Å². The summed E-state index contributed by atoms with van der Waals surface area (Å²) < 4.78 is 3.24. The lowest BCUT2D eigenvalue weighted by molar-refractivity contribution is 0.731. The average molecular weight is 482 g/mol. The van der Waals surface area contributed by atoms with Gasteiger partial charge in [-0.25, -0.2) is 0 Å². The van der Waals surface area contributed by atoms with Gasteiger partial charge >= 0.3 is 0 Å². The molecular weight excluding hydrogens is 462 g/mol. The Morgan fingerprint density at radius 1 is 1.10 bits per heavy atom. The highest BCUT2D eigenvalue weighted by molar-refractivity contribution is 9.10. The highest BCUT2D eigenvalue weighted by atomic mass is 79.9. The van der Waals surface area contributed by atoms with E-state index in [0.717, 1.165) is 26.8 Å². The molecule has 0 radical (unpaired) electrons. The van der Waals surface area contributed by atoms with E-state index in [1.165, 1.54) is 21.6 Å². The van der Waals surface area contributed by atoms with Crippen molar-refractivity contribution in [3.8, 4) is 22.5 Å². The van der Waals surface area contributed by atoms with E-state index in [-0.39, 0.29) is 0 Å². The number of hydrogen-bond donors (Lipinski definition) is 0. The van der Waals surface area contributed by atoms with E-state index in [2.05, 4.69) is 98.1 Å². The predicted octanol–water partition coefficient (Wildman–Crippen LogP) is 7.22. The molecule has 4 rings (SSSR count). The molecular formula is C23H20BrN3S2. The quantitative estimate of drug-likeness (QED) is 0.206. The molecule has 2 heterocycles. The monoisotopic (exact) mass is 481 g/mol. The second kappa shape index (κ2) is 9.11. The smallest absolute Gasteiger partial charge is 0.192 e. The van der Waals surface area contributed by atoms with Crippen LogP contribution in [0.25, 0.3) is 22.5 Å². The molecule has 2 aromatic heterocycles. The number of hydrogen-bond acceptors (Lipinski definition) is 4. The highest BCUT2D eigenvalue weighted by Crippen LogP contribution is 2.39. The summed E-state index contributed by atoms with van der Waals surface area (Å²) >= 11 is 6.94. The van der Waals surface area contributed by atoms with Crippen molar-refractivity contribution in [2.45, 2.75) is 24.4 Å². The summed E-state index contributed by atoms with van der Waals surface area (Å²) in [4.78, 5) is 1.28. The van der Waals surface area contributed by atoms with Crippen LogP contribution in [0.4, 0.5) is 0 Å². The summed E-state index contributed by atoms with van der Waals surface area (Å²) in [7, 11) is 0. The Morgan fingerprint density at radius 3 is 2.59 bits per heavy atom. The van der Waals surface area contributed by atoms with Crippen LogP contribution < -0.4 is 0 Å². The number of thioether (sulfide) groups is 1. The van der Waals surface area contributed by atoms with Crippen LogP contribution in [0, 0.1) is 6.92 Å². The Bertz CT molecular complexity index is 1110. The summed E-state index contributed by atoms with van der Waals surface area (Å²) in [6.45, 7) is 6.77. The number of aromatic nitrogens is 3. The minimum Gasteiger partial charge on any atom is -0.298 e. The van der Waals surface area contributed by atoms with Crippen LogP contribution in [0.15, 0.2) is 82.3 Å². The third kappa shape index (κ3) is 4.39. The largest absolute Gasteiger partial charge is 0.298 e. The first-order valence-electron chi connectivity index (χ1n) is 9.22. The van der Waals surface area contributed by atoms with Crippen LogP contribution >= 0.6 is 39.0 Å². The Kier molecular flexibility index (Phi) is 6.33. The van der Waals surface area contributed by atoms with Gasteiger partial charge in [-0.15, -0.1) is 28.1 Å². The maximum atomic E-state index is 4.57. The Balaban J connectivity index is 1.69. The molecule has 0 saturated carbocycles. The molecule has 0 atom stereocenters. The third-order valence-electron chi connectivity index (χ3n) is 4.59. The molecule has 0 spiro atoms. The van der Waals surface area contributed by atoms with Crippen molar-refractivity contribution in [3.63, 3.8) is 0 Å². The summed E-state index contributed by atoms with van der Waals surface area (Å²) in [6, 6.07) is 18.9. The number of halogens is 1. The van der Waals surface area contributed by atoms with Gasteiger partial charge < -0.3 is 0 Å². The van der Waals surface area contributed by atoms with Gasteiger partial charge in [-0.2, -0.15) is 0 Å². The van der Waals surface area contributed by atoms with Crippen molar-refractivity contribution in [2.24, 2.45) is 0 Å². The van der Waals surface area contributed by atoms with Gasteiger partial charge in [-0.3, -0.25) is 4.57 Å². The van der Waals surface area contributed by atoms with E-state index in [0.29, 0.717) is 6.54 Å². The predicted molar refractivity (Wildman–Crippen MR) is 127 cm³/mol. The fourth-order valence-corrected chi connectivity index (χ4v) is 5.23. The number of benzene rings is 2. The van der Waals surface area contributed by atoms with Gasteiger partial charge in [0.2, 0.25) is 0 Å². The zero-order valence-electron chi connectivity index (χ0n) is 16.0. The fraction of sp³-hybridized carbons (Fsp3) is 0.130. The lowest BCUT2D eigenvalue weighted by Crippen LogP contribution is -2.01. The number of allylic oxidation sites excluding steroid dienone is 1. The highest BCUT2D eigenvalue weighted by Gasteiger charge is 2.20. The van der Waals surface area contributed by atoms with Crippen LogP contribution in [0.5, 0.6) is 0 Å². The van der Waals surface area contributed by atoms with Crippen molar-refractivity contribution in [1.29, 1.82) is 0 Å². The molecule has 29 heavy (non-hydrogen) atoms. The first kappa shape index (κ1) is 20.1. The zero-order chi connectivity index (χ0) is 20.2. The molecule has 4 aromatic rings. The van der Waals surface area contributed by atoms with Gasteiger partial charge in [-0.1, -0.05) is 76.2 Å². The maximum Gasteiger partial charge on any atom is 0.192 e. The van der Waals surface area contributed by atoms with Crippen LogP contribution in [0.1, 0.15) is 10.4 Å². The molecule has 2 aromatic carbocycles. The SMILES string of the molecule is C=CCn1c(SCc2ccc(Br)cc2)nnc1-c1csc(C)c1-c1ccccc1. The Morgan fingerprint density at radius 2 is 1.86 bits per heavy atom. The molecule has 0 amide bonds. The first-order chi connectivity index (χ1) is 14.2. The lowest BCUT2D eigenvalue weighted by Gasteiger charge is -2.10. The molecule has 0 aliphatic rings. The van der Waals surface area contributed by atoms with E-state index in [1.54, 1.807) is 23.1 Å². The van der Waals surface area contributed by atoms with E-state index in [4.69, 9.17) is 0 Å². The molecule has 0 aliphatic carbocycles. The molecule has 3 nitrogen and oxygen atoms in total. The number of rotatable bonds is 7. The van der Waals surface area contributed by atoms with Gasteiger partial charge in [0.25, 0.3) is 0 Å². The van der Waals surface area contributed by atoms with E-state index in [1.807, 2.05) is 12.1 Å². The summed E-state index contributed by atoms with van der Waals surface area (Å²) in [5.41, 5.74) is 4.82. The van der Waals surface area contributed by atoms with Crippen molar-refractivity contribution in [2.75, 3.05) is 0 Å². The molecule has 6 heteroatoms. The third-order valence-corrected chi connectivity index (χ3v) is 7.07. The molecule has 0 aliphatic heterocycles. The van der Waals surface area contributed by atoms with Gasteiger partial charge in [0.1, 0.15) is 0 Å². The number of aryl methyl sites for hydroxylation is 1. The molecule has 0 N–H and O–H groups in total. The normalized spacial score (nSPS) is 11.0. The minimum absolute atomic E-state index is 0.675. The van der Waals surface area contributed by atoms with Crippen molar-refractivity contribution in [3.05, 3.63) is 87.5 Å². The van der Waals surface area contributed by atoms with Crippen LogP contribution in [-0.2, 0) is 12.3 Å². The van der Waals surface area contributed by atoms with Crippen LogP contribution in [0.3, 0.4) is 0 Å². The molecule has 0 unspecified atom stereocenters. The Labute approximate surface area is 187 Å². The number of nitrogens with zero attached hydrogens (tertiary/aromatic N) is 3. The zero-order valence-corrected chi connectivity index (χ0v) is 19.2. The van der Waals surface area contributed by atoms with Crippen molar-refractivity contribution < 1.29 is 0 Å². The standard InChI is InChI=1S/C23H20BrN3S2/c1-3-13-27-22(20-15-28-16(2)21(20)18-7-5-4-6-8-18)25-26-23(27)29-14-17-9-11-19(24)12-10-17/h3-12,15H,1,13-14H2,2H3. The fourth-order valence-electron chi connectivity index (χ4n) is 3.20. The minimum atomic E-state index is 0.675. The van der Waals surface area contributed by atoms with E-state index >= 15 is 0 Å². The summed E-state index contributed by atoms with van der Waals surface area (Å²) in [5, 5.41) is 12.2. The van der Waals surface area contributed by atoms with Gasteiger partial charge in [-0.05, 0) is 30.2 Å².